The monoisotopic (exact) mass is 345 g/mol. The van der Waals surface area contributed by atoms with Gasteiger partial charge in [0.15, 0.2) is 9.84 Å². The quantitative estimate of drug-likeness (QED) is 0.899. The van der Waals surface area contributed by atoms with Crippen LogP contribution in [0.2, 0.25) is 0 Å². The molecule has 0 aromatic heterocycles. The number of rotatable bonds is 4. The van der Waals surface area contributed by atoms with Crippen LogP contribution in [0.5, 0.6) is 0 Å². The fourth-order valence-electron chi connectivity index (χ4n) is 2.92. The summed E-state index contributed by atoms with van der Waals surface area (Å²) >= 11 is 0. The van der Waals surface area contributed by atoms with Gasteiger partial charge in [-0.2, -0.15) is 0 Å². The van der Waals surface area contributed by atoms with Gasteiger partial charge in [-0.25, -0.2) is 21.6 Å². The van der Waals surface area contributed by atoms with Crippen LogP contribution in [0.15, 0.2) is 11.0 Å². The Balaban J connectivity index is 2.25. The number of benzene rings is 1. The molecule has 1 N–H and O–H groups in total. The van der Waals surface area contributed by atoms with Crippen molar-refractivity contribution in [1.82, 2.24) is 4.72 Å². The Hall–Kier alpha value is -0.920. The normalized spacial score (nSPS) is 21.2. The van der Waals surface area contributed by atoms with Gasteiger partial charge in [-0.15, -0.1) is 0 Å². The van der Waals surface area contributed by atoms with Gasteiger partial charge in [0.05, 0.1) is 16.4 Å². The van der Waals surface area contributed by atoms with E-state index >= 15 is 0 Å². The van der Waals surface area contributed by atoms with E-state index in [2.05, 4.69) is 4.72 Å². The van der Waals surface area contributed by atoms with Gasteiger partial charge in [0.2, 0.25) is 10.0 Å². The topological polar surface area (TPSA) is 80.3 Å². The fraction of sp³-hybridized carbons (Fsp3) is 0.600. The third kappa shape index (κ3) is 3.52. The first-order valence-electron chi connectivity index (χ1n) is 7.31. The average molecular weight is 345 g/mol. The van der Waals surface area contributed by atoms with Gasteiger partial charge in [0, 0.05) is 6.54 Å². The smallest absolute Gasteiger partial charge is 0.229 e. The van der Waals surface area contributed by atoms with Crippen molar-refractivity contribution in [2.24, 2.45) is 5.92 Å². The Kier molecular flexibility index (Phi) is 4.71. The van der Waals surface area contributed by atoms with E-state index in [0.717, 1.165) is 22.3 Å². The molecule has 0 bridgehead atoms. The number of sulfonamides is 1. The van der Waals surface area contributed by atoms with Crippen molar-refractivity contribution >= 4 is 19.9 Å². The molecule has 1 fully saturated rings. The molecule has 2 rings (SSSR count). The largest absolute Gasteiger partial charge is 0.241 e. The zero-order chi connectivity index (χ0) is 16.7. The molecular weight excluding hydrogens is 322 g/mol. The minimum Gasteiger partial charge on any atom is -0.229 e. The molecule has 5 nitrogen and oxygen atoms in total. The summed E-state index contributed by atoms with van der Waals surface area (Å²) in [6.07, 6.45) is 0.523. The van der Waals surface area contributed by atoms with Gasteiger partial charge in [-0.3, -0.25) is 0 Å². The summed E-state index contributed by atoms with van der Waals surface area (Å²) in [4.78, 5) is 0.325. The SMILES string of the molecule is Cc1cc(C)c(C)c(S(=O)(=O)NC[C@@H]2CCS(=O)(=O)C2)c1C. The summed E-state index contributed by atoms with van der Waals surface area (Å²) in [5, 5.41) is 0. The molecule has 1 atom stereocenters. The molecule has 0 unspecified atom stereocenters. The molecule has 22 heavy (non-hydrogen) atoms. The van der Waals surface area contributed by atoms with Crippen LogP contribution in [0.3, 0.4) is 0 Å². The van der Waals surface area contributed by atoms with Gasteiger partial charge in [0.1, 0.15) is 0 Å². The highest BCUT2D eigenvalue weighted by Gasteiger charge is 2.30. The van der Waals surface area contributed by atoms with E-state index < -0.39 is 19.9 Å². The summed E-state index contributed by atoms with van der Waals surface area (Å²) in [6, 6.07) is 1.98. The lowest BCUT2D eigenvalue weighted by molar-refractivity contribution is 0.542. The minimum atomic E-state index is -3.64. The molecule has 0 spiro atoms. The van der Waals surface area contributed by atoms with Crippen LogP contribution in [-0.4, -0.2) is 34.9 Å². The predicted octanol–water partition coefficient (Wildman–Crippen LogP) is 1.63. The fourth-order valence-corrected chi connectivity index (χ4v) is 6.51. The number of aryl methyl sites for hydroxylation is 2. The number of sulfone groups is 1. The average Bonchev–Trinajstić information content (AvgIpc) is 2.74. The van der Waals surface area contributed by atoms with Crippen LogP contribution < -0.4 is 4.72 Å². The van der Waals surface area contributed by atoms with Gasteiger partial charge >= 0.3 is 0 Å². The molecule has 0 aliphatic carbocycles. The molecule has 124 valence electrons. The van der Waals surface area contributed by atoms with Crippen molar-refractivity contribution in [2.75, 3.05) is 18.1 Å². The molecular formula is C15H23NO4S2. The molecule has 0 amide bonds. The van der Waals surface area contributed by atoms with E-state index in [-0.39, 0.29) is 24.0 Å². The lowest BCUT2D eigenvalue weighted by Crippen LogP contribution is -2.31. The first-order valence-corrected chi connectivity index (χ1v) is 10.6. The maximum absolute atomic E-state index is 12.6. The van der Waals surface area contributed by atoms with Crippen molar-refractivity contribution < 1.29 is 16.8 Å². The Morgan fingerprint density at radius 3 is 2.14 bits per heavy atom. The molecule has 0 radical (unpaired) electrons. The number of hydrogen-bond donors (Lipinski definition) is 1. The first-order chi connectivity index (χ1) is 10.0. The van der Waals surface area contributed by atoms with Crippen molar-refractivity contribution in [3.8, 4) is 0 Å². The molecule has 7 heteroatoms. The first kappa shape index (κ1) is 17.4. The summed E-state index contributed by atoms with van der Waals surface area (Å²) in [7, 11) is -6.63. The van der Waals surface area contributed by atoms with Gasteiger partial charge in [0.25, 0.3) is 0 Å². The second-order valence-electron chi connectivity index (χ2n) is 6.21. The van der Waals surface area contributed by atoms with E-state index in [1.165, 1.54) is 0 Å². The Labute approximate surface area is 133 Å². The molecule has 1 heterocycles. The highest BCUT2D eigenvalue weighted by atomic mass is 32.2. The van der Waals surface area contributed by atoms with E-state index in [0.29, 0.717) is 11.3 Å². The van der Waals surface area contributed by atoms with Gasteiger partial charge in [-0.1, -0.05) is 6.07 Å². The Morgan fingerprint density at radius 2 is 1.68 bits per heavy atom. The standard InChI is InChI=1S/C15H23NO4S2/c1-10-7-11(2)13(4)15(12(10)3)22(19,20)16-8-14-5-6-21(17,18)9-14/h7,14,16H,5-6,8-9H2,1-4H3/t14-/m0/s1. The van der Waals surface area contributed by atoms with Crippen LogP contribution in [0, 0.1) is 33.6 Å². The van der Waals surface area contributed by atoms with Crippen LogP contribution in [0.1, 0.15) is 28.7 Å². The lowest BCUT2D eigenvalue weighted by atomic mass is 10.0. The highest BCUT2D eigenvalue weighted by Crippen LogP contribution is 2.26. The second-order valence-corrected chi connectivity index (χ2v) is 10.1. The summed E-state index contributed by atoms with van der Waals surface area (Å²) in [5.41, 5.74) is 3.36. The molecule has 1 aromatic carbocycles. The van der Waals surface area contributed by atoms with E-state index in [4.69, 9.17) is 0 Å². The van der Waals surface area contributed by atoms with Crippen LogP contribution >= 0.6 is 0 Å². The molecule has 0 saturated carbocycles. The molecule has 1 saturated heterocycles. The second kappa shape index (κ2) is 5.94. The summed E-state index contributed by atoms with van der Waals surface area (Å²) < 4.78 is 50.8. The summed E-state index contributed by atoms with van der Waals surface area (Å²) in [6.45, 7) is 7.56. The highest BCUT2D eigenvalue weighted by molar-refractivity contribution is 7.91. The number of nitrogens with one attached hydrogen (secondary N) is 1. The molecule has 1 aliphatic heterocycles. The van der Waals surface area contributed by atoms with Crippen LogP contribution in [0.25, 0.3) is 0 Å². The van der Waals surface area contributed by atoms with Gasteiger partial charge < -0.3 is 0 Å². The zero-order valence-electron chi connectivity index (χ0n) is 13.4. The number of hydrogen-bond acceptors (Lipinski definition) is 4. The Morgan fingerprint density at radius 1 is 1.14 bits per heavy atom. The molecule has 1 aromatic rings. The lowest BCUT2D eigenvalue weighted by Gasteiger charge is -2.17. The maximum Gasteiger partial charge on any atom is 0.241 e. The third-order valence-corrected chi connectivity index (χ3v) is 7.99. The van der Waals surface area contributed by atoms with Crippen molar-refractivity contribution in [1.29, 1.82) is 0 Å². The third-order valence-electron chi connectivity index (χ3n) is 4.45. The van der Waals surface area contributed by atoms with E-state index in [1.54, 1.807) is 13.8 Å². The van der Waals surface area contributed by atoms with Crippen molar-refractivity contribution in [3.05, 3.63) is 28.3 Å². The molecule has 1 aliphatic rings. The summed E-state index contributed by atoms with van der Waals surface area (Å²) in [5.74, 6) is 0.0905. The van der Waals surface area contributed by atoms with E-state index in [1.807, 2.05) is 19.9 Å². The maximum atomic E-state index is 12.6. The minimum absolute atomic E-state index is 0.0698. The van der Waals surface area contributed by atoms with Gasteiger partial charge in [-0.05, 0) is 62.3 Å². The van der Waals surface area contributed by atoms with Crippen molar-refractivity contribution in [3.63, 3.8) is 0 Å². The van der Waals surface area contributed by atoms with Crippen molar-refractivity contribution in [2.45, 2.75) is 39.0 Å². The van der Waals surface area contributed by atoms with Crippen LogP contribution in [-0.2, 0) is 19.9 Å². The Bertz CT molecular complexity index is 769. The predicted molar refractivity (Wildman–Crippen MR) is 87.3 cm³/mol. The van der Waals surface area contributed by atoms with Crippen LogP contribution in [0.4, 0.5) is 0 Å². The van der Waals surface area contributed by atoms with E-state index in [9.17, 15) is 16.8 Å². The zero-order valence-corrected chi connectivity index (χ0v) is 15.1.